The molecule has 2 unspecified atom stereocenters. The zero-order chi connectivity index (χ0) is 12.1. The van der Waals surface area contributed by atoms with E-state index in [2.05, 4.69) is 0 Å². The van der Waals surface area contributed by atoms with Gasteiger partial charge >= 0.3 is 0 Å². The van der Waals surface area contributed by atoms with Gasteiger partial charge in [-0.3, -0.25) is 4.79 Å². The number of carbonyl (C=O) groups is 1. The Labute approximate surface area is 93.4 Å². The lowest BCUT2D eigenvalue weighted by molar-refractivity contribution is 0.0720. The number of alkyl halides is 1. The second-order valence-electron chi connectivity index (χ2n) is 3.46. The zero-order valence-corrected chi connectivity index (χ0v) is 9.02. The Bertz CT molecular complexity index is 354. The lowest BCUT2D eigenvalue weighted by Crippen LogP contribution is -2.31. The summed E-state index contributed by atoms with van der Waals surface area (Å²) in [5.74, 6) is -0.504. The van der Waals surface area contributed by atoms with Gasteiger partial charge in [0, 0.05) is 12.7 Å². The molecule has 1 rings (SSSR count). The van der Waals surface area contributed by atoms with Crippen molar-refractivity contribution in [2.45, 2.75) is 12.1 Å². The van der Waals surface area contributed by atoms with Crippen LogP contribution in [-0.4, -0.2) is 25.7 Å². The van der Waals surface area contributed by atoms with Crippen molar-refractivity contribution in [1.82, 2.24) is 0 Å². The maximum absolute atomic E-state index is 12.4. The fourth-order valence-corrected chi connectivity index (χ4v) is 1.48. The van der Waals surface area contributed by atoms with Crippen LogP contribution in [0.4, 0.5) is 4.39 Å². The van der Waals surface area contributed by atoms with Gasteiger partial charge in [0.05, 0.1) is 12.1 Å². The monoisotopic (exact) mass is 226 g/mol. The van der Waals surface area contributed by atoms with E-state index in [-0.39, 0.29) is 0 Å². The zero-order valence-electron chi connectivity index (χ0n) is 9.02. The van der Waals surface area contributed by atoms with Crippen LogP contribution in [0.3, 0.4) is 0 Å². The number of primary amides is 1. The largest absolute Gasteiger partial charge is 0.375 e. The standard InChI is InChI=1S/C11H15FN2O2/c1-16-10(9(13)6-12)7-2-4-8(5-3-7)11(14)15/h2-5,9-10H,6,13H2,1H3,(H2,14,15). The molecule has 0 fully saturated rings. The second kappa shape index (κ2) is 5.58. The smallest absolute Gasteiger partial charge is 0.248 e. The highest BCUT2D eigenvalue weighted by Crippen LogP contribution is 2.20. The van der Waals surface area contributed by atoms with Gasteiger partial charge in [-0.15, -0.1) is 0 Å². The van der Waals surface area contributed by atoms with Crippen LogP contribution in [-0.2, 0) is 4.74 Å². The predicted molar refractivity (Wildman–Crippen MR) is 58.7 cm³/mol. The summed E-state index contributed by atoms with van der Waals surface area (Å²) in [4.78, 5) is 10.8. The number of rotatable bonds is 5. The lowest BCUT2D eigenvalue weighted by Gasteiger charge is -2.20. The molecule has 0 saturated carbocycles. The van der Waals surface area contributed by atoms with Gasteiger partial charge in [-0.25, -0.2) is 4.39 Å². The highest BCUT2D eigenvalue weighted by molar-refractivity contribution is 5.92. The van der Waals surface area contributed by atoms with Gasteiger partial charge in [0.2, 0.25) is 5.91 Å². The number of hydrogen-bond donors (Lipinski definition) is 2. The lowest BCUT2D eigenvalue weighted by atomic mass is 10.0. The van der Waals surface area contributed by atoms with Gasteiger partial charge in [0.1, 0.15) is 6.67 Å². The Morgan fingerprint density at radius 2 is 2.00 bits per heavy atom. The minimum Gasteiger partial charge on any atom is -0.375 e. The quantitative estimate of drug-likeness (QED) is 0.778. The summed E-state index contributed by atoms with van der Waals surface area (Å²) in [6.45, 7) is -0.671. The highest BCUT2D eigenvalue weighted by Gasteiger charge is 2.19. The first-order chi connectivity index (χ1) is 7.60. The van der Waals surface area contributed by atoms with Crippen molar-refractivity contribution in [2.24, 2.45) is 11.5 Å². The average Bonchev–Trinajstić information content (AvgIpc) is 2.30. The maximum Gasteiger partial charge on any atom is 0.248 e. The van der Waals surface area contributed by atoms with E-state index in [1.807, 2.05) is 0 Å². The molecule has 0 spiro atoms. The van der Waals surface area contributed by atoms with Gasteiger partial charge in [0.25, 0.3) is 0 Å². The van der Waals surface area contributed by atoms with Crippen molar-refractivity contribution in [3.05, 3.63) is 35.4 Å². The normalized spacial score (nSPS) is 14.4. The van der Waals surface area contributed by atoms with Crippen LogP contribution in [0.5, 0.6) is 0 Å². The number of carbonyl (C=O) groups excluding carboxylic acids is 1. The fraction of sp³-hybridized carbons (Fsp3) is 0.364. The van der Waals surface area contributed by atoms with E-state index >= 15 is 0 Å². The molecule has 5 heteroatoms. The molecule has 0 aliphatic carbocycles. The molecule has 2 atom stereocenters. The third kappa shape index (κ3) is 2.77. The van der Waals surface area contributed by atoms with Crippen LogP contribution in [0.15, 0.2) is 24.3 Å². The number of amides is 1. The van der Waals surface area contributed by atoms with Crippen molar-refractivity contribution in [2.75, 3.05) is 13.8 Å². The van der Waals surface area contributed by atoms with Gasteiger partial charge in [0.15, 0.2) is 0 Å². The Morgan fingerprint density at radius 1 is 1.44 bits per heavy atom. The molecular weight excluding hydrogens is 211 g/mol. The molecule has 0 aliphatic heterocycles. The van der Waals surface area contributed by atoms with E-state index in [1.54, 1.807) is 24.3 Å². The summed E-state index contributed by atoms with van der Waals surface area (Å²) in [7, 11) is 1.46. The molecular formula is C11H15FN2O2. The Kier molecular flexibility index (Phi) is 4.39. The van der Waals surface area contributed by atoms with Crippen LogP contribution in [0, 0.1) is 0 Å². The summed E-state index contributed by atoms with van der Waals surface area (Å²) in [6.07, 6.45) is -0.521. The molecule has 0 radical (unpaired) electrons. The number of methoxy groups -OCH3 is 1. The molecule has 0 bridgehead atoms. The molecule has 1 aromatic rings. The van der Waals surface area contributed by atoms with E-state index < -0.39 is 24.7 Å². The number of hydrogen-bond acceptors (Lipinski definition) is 3. The second-order valence-corrected chi connectivity index (χ2v) is 3.46. The summed E-state index contributed by atoms with van der Waals surface area (Å²) < 4.78 is 17.5. The topological polar surface area (TPSA) is 78.3 Å². The maximum atomic E-state index is 12.4. The summed E-state index contributed by atoms with van der Waals surface area (Å²) in [5, 5.41) is 0. The SMILES string of the molecule is COC(c1ccc(C(N)=O)cc1)C(N)CF. The van der Waals surface area contributed by atoms with Crippen molar-refractivity contribution in [3.8, 4) is 0 Å². The van der Waals surface area contributed by atoms with Gasteiger partial charge in [-0.05, 0) is 17.7 Å². The molecule has 1 aromatic carbocycles. The molecule has 0 aliphatic rings. The Balaban J connectivity index is 2.90. The minimum atomic E-state index is -0.718. The van der Waals surface area contributed by atoms with Crippen LogP contribution in [0.25, 0.3) is 0 Å². The fourth-order valence-electron chi connectivity index (χ4n) is 1.48. The summed E-state index contributed by atoms with van der Waals surface area (Å²) in [5.41, 5.74) is 11.8. The number of benzene rings is 1. The van der Waals surface area contributed by atoms with Gasteiger partial charge in [-0.1, -0.05) is 12.1 Å². The molecule has 0 aromatic heterocycles. The molecule has 4 nitrogen and oxygen atoms in total. The molecule has 0 heterocycles. The van der Waals surface area contributed by atoms with E-state index in [9.17, 15) is 9.18 Å². The Hall–Kier alpha value is -1.46. The van der Waals surface area contributed by atoms with Gasteiger partial charge < -0.3 is 16.2 Å². The Morgan fingerprint density at radius 3 is 2.38 bits per heavy atom. The minimum absolute atomic E-state index is 0.396. The highest BCUT2D eigenvalue weighted by atomic mass is 19.1. The number of halogens is 1. The van der Waals surface area contributed by atoms with Crippen LogP contribution < -0.4 is 11.5 Å². The number of nitrogens with two attached hydrogens (primary N) is 2. The summed E-state index contributed by atoms with van der Waals surface area (Å²) in [6, 6.07) is 5.72. The predicted octanol–water partition coefficient (Wildman–Crippen LogP) is 0.770. The first kappa shape index (κ1) is 12.6. The molecule has 0 saturated heterocycles. The van der Waals surface area contributed by atoms with Crippen molar-refractivity contribution >= 4 is 5.91 Å². The van der Waals surface area contributed by atoms with E-state index in [4.69, 9.17) is 16.2 Å². The molecule has 4 N–H and O–H groups in total. The molecule has 16 heavy (non-hydrogen) atoms. The van der Waals surface area contributed by atoms with Crippen LogP contribution in [0.1, 0.15) is 22.0 Å². The van der Waals surface area contributed by atoms with Crippen LogP contribution >= 0.6 is 0 Å². The van der Waals surface area contributed by atoms with E-state index in [0.717, 1.165) is 5.56 Å². The first-order valence-electron chi connectivity index (χ1n) is 4.84. The van der Waals surface area contributed by atoms with E-state index in [1.165, 1.54) is 7.11 Å². The van der Waals surface area contributed by atoms with Crippen molar-refractivity contribution in [3.63, 3.8) is 0 Å². The third-order valence-corrected chi connectivity index (χ3v) is 2.34. The van der Waals surface area contributed by atoms with Gasteiger partial charge in [-0.2, -0.15) is 0 Å². The first-order valence-corrected chi connectivity index (χ1v) is 4.84. The third-order valence-electron chi connectivity index (χ3n) is 2.34. The molecule has 1 amide bonds. The van der Waals surface area contributed by atoms with Crippen molar-refractivity contribution < 1.29 is 13.9 Å². The summed E-state index contributed by atoms with van der Waals surface area (Å²) >= 11 is 0. The molecule has 88 valence electrons. The van der Waals surface area contributed by atoms with E-state index in [0.29, 0.717) is 5.56 Å². The number of ether oxygens (including phenoxy) is 1. The average molecular weight is 226 g/mol. The van der Waals surface area contributed by atoms with Crippen molar-refractivity contribution in [1.29, 1.82) is 0 Å². The van der Waals surface area contributed by atoms with Crippen LogP contribution in [0.2, 0.25) is 0 Å².